The Bertz CT molecular complexity index is 555. The van der Waals surface area contributed by atoms with Gasteiger partial charge in [0.25, 0.3) is 0 Å². The van der Waals surface area contributed by atoms with Crippen LogP contribution in [0.3, 0.4) is 0 Å². The number of likely N-dealkylation sites (tertiary alicyclic amines) is 2. The third-order valence-electron chi connectivity index (χ3n) is 5.93. The average Bonchev–Trinajstić information content (AvgIpc) is 3.26. The number of hydrogen-bond acceptors (Lipinski definition) is 6. The van der Waals surface area contributed by atoms with Gasteiger partial charge in [0.2, 0.25) is 0 Å². The van der Waals surface area contributed by atoms with Gasteiger partial charge in [-0.1, -0.05) is 13.8 Å². The zero-order valence-electron chi connectivity index (χ0n) is 16.6. The molecule has 148 valence electrons. The van der Waals surface area contributed by atoms with E-state index in [0.717, 1.165) is 68.8 Å². The van der Waals surface area contributed by atoms with Crippen molar-refractivity contribution in [3.63, 3.8) is 0 Å². The van der Waals surface area contributed by atoms with Crippen LogP contribution in [-0.4, -0.2) is 65.8 Å². The molecule has 3 heterocycles. The third kappa shape index (κ3) is 5.04. The van der Waals surface area contributed by atoms with Gasteiger partial charge in [0.15, 0.2) is 0 Å². The Morgan fingerprint density at radius 1 is 1.35 bits per heavy atom. The summed E-state index contributed by atoms with van der Waals surface area (Å²) in [6.07, 6.45) is 5.27. The molecule has 3 rings (SSSR count). The molecule has 2 aliphatic rings. The molecule has 1 aromatic rings. The Labute approximate surface area is 162 Å². The van der Waals surface area contributed by atoms with Gasteiger partial charge in [-0.25, -0.2) is 4.98 Å². The molecule has 1 aromatic heterocycles. The standard InChI is InChI=1S/C20H35N3O2S/c1-16(2)6-10-22-11-7-20(24,8-12-22)18-15-26-19(21-18)13-23-9-4-5-17(23)14-25-3/h15-17,24H,4-14H2,1-3H3/t17-/m1/s1. The van der Waals surface area contributed by atoms with E-state index in [1.165, 1.54) is 19.3 Å². The van der Waals surface area contributed by atoms with Gasteiger partial charge in [-0.05, 0) is 51.1 Å². The molecule has 26 heavy (non-hydrogen) atoms. The van der Waals surface area contributed by atoms with Gasteiger partial charge in [-0.2, -0.15) is 0 Å². The molecule has 2 fully saturated rings. The Morgan fingerprint density at radius 3 is 2.81 bits per heavy atom. The predicted molar refractivity (Wildman–Crippen MR) is 106 cm³/mol. The van der Waals surface area contributed by atoms with Gasteiger partial charge in [0.05, 0.1) is 18.8 Å². The lowest BCUT2D eigenvalue weighted by molar-refractivity contribution is -0.0296. The second-order valence-corrected chi connectivity index (χ2v) is 9.35. The number of rotatable bonds is 8. The van der Waals surface area contributed by atoms with Crippen LogP contribution in [0.4, 0.5) is 0 Å². The Kier molecular flexibility index (Phi) is 7.08. The van der Waals surface area contributed by atoms with Crippen LogP contribution >= 0.6 is 11.3 Å². The van der Waals surface area contributed by atoms with E-state index in [1.54, 1.807) is 18.4 Å². The minimum Gasteiger partial charge on any atom is -0.383 e. The summed E-state index contributed by atoms with van der Waals surface area (Å²) in [5.41, 5.74) is 0.156. The van der Waals surface area contributed by atoms with E-state index in [2.05, 4.69) is 29.0 Å². The van der Waals surface area contributed by atoms with E-state index in [1.807, 2.05) is 0 Å². The smallest absolute Gasteiger partial charge is 0.110 e. The molecule has 0 bridgehead atoms. The quantitative estimate of drug-likeness (QED) is 0.750. The van der Waals surface area contributed by atoms with E-state index in [9.17, 15) is 5.11 Å². The highest BCUT2D eigenvalue weighted by atomic mass is 32.1. The highest BCUT2D eigenvalue weighted by molar-refractivity contribution is 7.09. The van der Waals surface area contributed by atoms with Crippen LogP contribution in [0.5, 0.6) is 0 Å². The summed E-state index contributed by atoms with van der Waals surface area (Å²) in [5, 5.41) is 14.3. The van der Waals surface area contributed by atoms with E-state index >= 15 is 0 Å². The summed E-state index contributed by atoms with van der Waals surface area (Å²) in [7, 11) is 1.78. The number of aromatic nitrogens is 1. The Balaban J connectivity index is 1.54. The molecule has 6 heteroatoms. The zero-order chi connectivity index (χ0) is 18.6. The van der Waals surface area contributed by atoms with Crippen molar-refractivity contribution in [2.45, 2.75) is 64.1 Å². The maximum absolute atomic E-state index is 11.1. The van der Waals surface area contributed by atoms with E-state index in [4.69, 9.17) is 9.72 Å². The second-order valence-electron chi connectivity index (χ2n) is 8.40. The molecular weight excluding hydrogens is 346 g/mol. The molecule has 0 radical (unpaired) electrons. The first-order chi connectivity index (χ1) is 12.5. The summed E-state index contributed by atoms with van der Waals surface area (Å²) in [4.78, 5) is 9.79. The van der Waals surface area contributed by atoms with Gasteiger partial charge in [-0.3, -0.25) is 4.90 Å². The van der Waals surface area contributed by atoms with Crippen molar-refractivity contribution in [1.82, 2.24) is 14.8 Å². The van der Waals surface area contributed by atoms with Crippen molar-refractivity contribution < 1.29 is 9.84 Å². The summed E-state index contributed by atoms with van der Waals surface area (Å²) in [6, 6.07) is 0.514. The molecule has 5 nitrogen and oxygen atoms in total. The van der Waals surface area contributed by atoms with Crippen molar-refractivity contribution in [2.75, 3.05) is 39.9 Å². The van der Waals surface area contributed by atoms with Crippen LogP contribution in [0.2, 0.25) is 0 Å². The van der Waals surface area contributed by atoms with E-state index in [-0.39, 0.29) is 0 Å². The molecule has 1 N–H and O–H groups in total. The minimum atomic E-state index is -0.736. The maximum atomic E-state index is 11.1. The lowest BCUT2D eigenvalue weighted by Crippen LogP contribution is -2.43. The van der Waals surface area contributed by atoms with Gasteiger partial charge >= 0.3 is 0 Å². The van der Waals surface area contributed by atoms with Gasteiger partial charge < -0.3 is 14.7 Å². The number of nitrogens with zero attached hydrogens (tertiary/aromatic N) is 3. The fraction of sp³-hybridized carbons (Fsp3) is 0.850. The van der Waals surface area contributed by atoms with Crippen LogP contribution in [-0.2, 0) is 16.9 Å². The maximum Gasteiger partial charge on any atom is 0.110 e. The van der Waals surface area contributed by atoms with Gasteiger partial charge in [0.1, 0.15) is 10.6 Å². The lowest BCUT2D eigenvalue weighted by atomic mass is 9.88. The van der Waals surface area contributed by atoms with E-state index < -0.39 is 5.60 Å². The van der Waals surface area contributed by atoms with Crippen molar-refractivity contribution in [2.24, 2.45) is 5.92 Å². The first kappa shape index (κ1) is 20.2. The molecule has 0 saturated carbocycles. The number of ether oxygens (including phenoxy) is 1. The molecule has 1 atom stereocenters. The molecule has 0 aromatic carbocycles. The summed E-state index contributed by atoms with van der Waals surface area (Å²) < 4.78 is 5.35. The fourth-order valence-corrected chi connectivity index (χ4v) is 5.01. The summed E-state index contributed by atoms with van der Waals surface area (Å²) >= 11 is 1.70. The molecule has 0 spiro atoms. The molecule has 2 aliphatic heterocycles. The van der Waals surface area contributed by atoms with Crippen molar-refractivity contribution in [3.8, 4) is 0 Å². The molecule has 0 aliphatic carbocycles. The largest absolute Gasteiger partial charge is 0.383 e. The van der Waals surface area contributed by atoms with Crippen LogP contribution in [0, 0.1) is 5.92 Å². The van der Waals surface area contributed by atoms with Gasteiger partial charge in [0, 0.05) is 31.6 Å². The number of methoxy groups -OCH3 is 1. The molecule has 0 unspecified atom stereocenters. The average molecular weight is 382 g/mol. The number of aliphatic hydroxyl groups is 1. The van der Waals surface area contributed by atoms with Gasteiger partial charge in [-0.15, -0.1) is 11.3 Å². The fourth-order valence-electron chi connectivity index (χ4n) is 4.10. The zero-order valence-corrected chi connectivity index (χ0v) is 17.4. The number of thiazole rings is 1. The highest BCUT2D eigenvalue weighted by Crippen LogP contribution is 2.34. The Morgan fingerprint density at radius 2 is 2.12 bits per heavy atom. The first-order valence-electron chi connectivity index (χ1n) is 10.1. The molecular formula is C20H35N3O2S. The predicted octanol–water partition coefficient (Wildman–Crippen LogP) is 3.08. The van der Waals surface area contributed by atoms with Crippen LogP contribution in [0.15, 0.2) is 5.38 Å². The normalized spacial score (nSPS) is 24.6. The van der Waals surface area contributed by atoms with Crippen molar-refractivity contribution in [1.29, 1.82) is 0 Å². The minimum absolute atomic E-state index is 0.514. The monoisotopic (exact) mass is 381 g/mol. The first-order valence-corrected chi connectivity index (χ1v) is 11.0. The van der Waals surface area contributed by atoms with E-state index in [0.29, 0.717) is 6.04 Å². The molecule has 2 saturated heterocycles. The summed E-state index contributed by atoms with van der Waals surface area (Å²) in [5.74, 6) is 0.740. The SMILES string of the molecule is COC[C@H]1CCCN1Cc1nc(C2(O)CCN(CCC(C)C)CC2)cs1. The number of piperidine rings is 1. The summed E-state index contributed by atoms with van der Waals surface area (Å²) in [6.45, 7) is 10.4. The second kappa shape index (κ2) is 9.11. The number of hydrogen-bond donors (Lipinski definition) is 1. The topological polar surface area (TPSA) is 48.8 Å². The lowest BCUT2D eigenvalue weighted by Gasteiger charge is -2.37. The van der Waals surface area contributed by atoms with Crippen LogP contribution in [0.1, 0.15) is 56.7 Å². The third-order valence-corrected chi connectivity index (χ3v) is 6.76. The molecule has 0 amide bonds. The van der Waals surface area contributed by atoms with Crippen LogP contribution < -0.4 is 0 Å². The van der Waals surface area contributed by atoms with Crippen LogP contribution in [0.25, 0.3) is 0 Å². The van der Waals surface area contributed by atoms with Crippen molar-refractivity contribution >= 4 is 11.3 Å². The van der Waals surface area contributed by atoms with Crippen molar-refractivity contribution in [3.05, 3.63) is 16.1 Å². The highest BCUT2D eigenvalue weighted by Gasteiger charge is 2.36. The Hall–Kier alpha value is -0.530.